The van der Waals surface area contributed by atoms with E-state index in [1.807, 2.05) is 37.3 Å². The molecule has 0 unspecified atom stereocenters. The van der Waals surface area contributed by atoms with Gasteiger partial charge in [-0.3, -0.25) is 4.79 Å². The van der Waals surface area contributed by atoms with Crippen molar-refractivity contribution in [1.29, 1.82) is 0 Å². The summed E-state index contributed by atoms with van der Waals surface area (Å²) < 4.78 is 21.8. The van der Waals surface area contributed by atoms with Gasteiger partial charge in [-0.25, -0.2) is 0 Å². The molecule has 2 aromatic heterocycles. The molecule has 4 rings (SSSR count). The number of nitrogens with zero attached hydrogens (tertiary/aromatic N) is 2. The first kappa shape index (κ1) is 18.7. The van der Waals surface area contributed by atoms with E-state index in [-0.39, 0.29) is 12.3 Å². The normalized spacial score (nSPS) is 12.1. The van der Waals surface area contributed by atoms with Crippen LogP contribution >= 0.6 is 0 Å². The van der Waals surface area contributed by atoms with Crippen molar-refractivity contribution in [3.63, 3.8) is 0 Å². The number of methoxy groups -OCH3 is 1. The molecule has 4 aromatic rings. The minimum atomic E-state index is -0.664. The fraction of sp³-hybridized carbons (Fsp3) is 0.227. The molecule has 0 saturated carbocycles. The number of aromatic nitrogens is 2. The van der Waals surface area contributed by atoms with Gasteiger partial charge in [0.05, 0.1) is 19.8 Å². The molecule has 2 aromatic carbocycles. The lowest BCUT2D eigenvalue weighted by atomic mass is 10.1. The fourth-order valence-electron chi connectivity index (χ4n) is 3.02. The second-order valence-electron chi connectivity index (χ2n) is 6.74. The molecule has 0 bridgehead atoms. The minimum Gasteiger partial charge on any atom is -0.497 e. The number of fused-ring (bicyclic) bond motifs is 1. The van der Waals surface area contributed by atoms with E-state index >= 15 is 0 Å². The Morgan fingerprint density at radius 2 is 1.93 bits per heavy atom. The molecular weight excluding hydrogens is 372 g/mol. The molecule has 2 heterocycles. The molecule has 0 radical (unpaired) electrons. The van der Waals surface area contributed by atoms with E-state index in [4.69, 9.17) is 18.3 Å². The van der Waals surface area contributed by atoms with Crippen molar-refractivity contribution in [3.8, 4) is 17.2 Å². The van der Waals surface area contributed by atoms with E-state index < -0.39 is 12.1 Å². The summed E-state index contributed by atoms with van der Waals surface area (Å²) in [6.45, 7) is 3.68. The first-order chi connectivity index (χ1) is 14.0. The summed E-state index contributed by atoms with van der Waals surface area (Å²) in [6, 6.07) is 13.1. The Kier molecular flexibility index (Phi) is 5.03. The summed E-state index contributed by atoms with van der Waals surface area (Å²) in [6.07, 6.45) is 1.02. The van der Waals surface area contributed by atoms with Crippen LogP contribution in [0.25, 0.3) is 22.4 Å². The number of hydrogen-bond donors (Lipinski definition) is 0. The molecular formula is C22H20N2O5. The number of aryl methyl sites for hydroxylation is 1. The molecule has 7 heteroatoms. The van der Waals surface area contributed by atoms with Crippen LogP contribution in [-0.4, -0.2) is 23.3 Å². The average Bonchev–Trinajstić information content (AvgIpc) is 3.35. The van der Waals surface area contributed by atoms with Crippen LogP contribution in [0.4, 0.5) is 0 Å². The van der Waals surface area contributed by atoms with Gasteiger partial charge in [-0.1, -0.05) is 12.1 Å². The molecule has 0 saturated heterocycles. The van der Waals surface area contributed by atoms with Gasteiger partial charge in [0.1, 0.15) is 11.3 Å². The summed E-state index contributed by atoms with van der Waals surface area (Å²) >= 11 is 0. The summed E-state index contributed by atoms with van der Waals surface area (Å²) in [5, 5.41) is 8.94. The van der Waals surface area contributed by atoms with Gasteiger partial charge >= 0.3 is 5.97 Å². The Morgan fingerprint density at radius 1 is 1.14 bits per heavy atom. The molecule has 0 amide bonds. The molecule has 0 N–H and O–H groups in total. The molecule has 0 aliphatic heterocycles. The van der Waals surface area contributed by atoms with Crippen molar-refractivity contribution >= 4 is 16.9 Å². The maximum atomic E-state index is 12.4. The van der Waals surface area contributed by atoms with E-state index in [2.05, 4.69) is 10.2 Å². The zero-order valence-electron chi connectivity index (χ0n) is 16.3. The zero-order chi connectivity index (χ0) is 20.4. The van der Waals surface area contributed by atoms with E-state index in [0.29, 0.717) is 5.89 Å². The Morgan fingerprint density at radius 3 is 2.69 bits per heavy atom. The first-order valence-corrected chi connectivity index (χ1v) is 9.17. The van der Waals surface area contributed by atoms with E-state index in [9.17, 15) is 4.79 Å². The Balaban J connectivity index is 1.42. The number of ether oxygens (including phenoxy) is 2. The fourth-order valence-corrected chi connectivity index (χ4v) is 3.02. The second kappa shape index (κ2) is 7.79. The largest absolute Gasteiger partial charge is 0.497 e. The van der Waals surface area contributed by atoms with E-state index in [0.717, 1.165) is 33.4 Å². The average molecular weight is 392 g/mol. The van der Waals surface area contributed by atoms with Crippen molar-refractivity contribution in [1.82, 2.24) is 10.2 Å². The highest BCUT2D eigenvalue weighted by atomic mass is 16.6. The van der Waals surface area contributed by atoms with Crippen LogP contribution in [0.5, 0.6) is 5.75 Å². The molecule has 0 aliphatic rings. The van der Waals surface area contributed by atoms with Gasteiger partial charge < -0.3 is 18.3 Å². The van der Waals surface area contributed by atoms with Crippen molar-refractivity contribution in [3.05, 3.63) is 65.7 Å². The first-order valence-electron chi connectivity index (χ1n) is 9.17. The lowest BCUT2D eigenvalue weighted by molar-refractivity contribution is -0.148. The van der Waals surface area contributed by atoms with Gasteiger partial charge in [0.2, 0.25) is 5.89 Å². The van der Waals surface area contributed by atoms with Crippen LogP contribution in [0.2, 0.25) is 0 Å². The highest BCUT2D eigenvalue weighted by molar-refractivity contribution is 5.86. The highest BCUT2D eigenvalue weighted by Gasteiger charge is 2.20. The monoisotopic (exact) mass is 392 g/mol. The lowest BCUT2D eigenvalue weighted by Crippen LogP contribution is -2.11. The third-order valence-electron chi connectivity index (χ3n) is 4.58. The van der Waals surface area contributed by atoms with Crippen molar-refractivity contribution in [2.24, 2.45) is 0 Å². The van der Waals surface area contributed by atoms with Crippen molar-refractivity contribution in [2.45, 2.75) is 26.4 Å². The third-order valence-corrected chi connectivity index (χ3v) is 4.58. The molecule has 0 aliphatic carbocycles. The van der Waals surface area contributed by atoms with Crippen LogP contribution < -0.4 is 4.74 Å². The Hall–Kier alpha value is -3.61. The van der Waals surface area contributed by atoms with Crippen LogP contribution in [0.15, 0.2) is 57.6 Å². The number of carbonyl (C=O) groups is 1. The van der Waals surface area contributed by atoms with Gasteiger partial charge in [-0.2, -0.15) is 0 Å². The quantitative estimate of drug-likeness (QED) is 0.441. The Labute approximate surface area is 167 Å². The van der Waals surface area contributed by atoms with E-state index in [1.54, 1.807) is 32.4 Å². The van der Waals surface area contributed by atoms with Crippen molar-refractivity contribution in [2.75, 3.05) is 7.11 Å². The number of esters is 1. The van der Waals surface area contributed by atoms with Crippen LogP contribution in [0.3, 0.4) is 0 Å². The van der Waals surface area contributed by atoms with Crippen LogP contribution in [0, 0.1) is 6.92 Å². The number of hydrogen-bond acceptors (Lipinski definition) is 7. The lowest BCUT2D eigenvalue weighted by Gasteiger charge is -2.08. The third kappa shape index (κ3) is 3.99. The predicted molar refractivity (Wildman–Crippen MR) is 105 cm³/mol. The van der Waals surface area contributed by atoms with Gasteiger partial charge in [0.25, 0.3) is 5.89 Å². The maximum absolute atomic E-state index is 12.4. The number of rotatable bonds is 6. The topological polar surface area (TPSA) is 87.6 Å². The summed E-state index contributed by atoms with van der Waals surface area (Å²) in [5.41, 5.74) is 3.38. The zero-order valence-corrected chi connectivity index (χ0v) is 16.3. The summed E-state index contributed by atoms with van der Waals surface area (Å²) in [7, 11) is 1.60. The number of benzene rings is 2. The Bertz CT molecular complexity index is 1140. The summed E-state index contributed by atoms with van der Waals surface area (Å²) in [5.74, 6) is 0.918. The number of furan rings is 1. The molecule has 0 fully saturated rings. The SMILES string of the molecule is COc1ccc(-c2nnc([C@@H](C)OC(=O)Cc3coc4cc(C)ccc34)o2)cc1. The molecule has 0 spiro atoms. The number of carbonyl (C=O) groups excluding carboxylic acids is 1. The van der Waals surface area contributed by atoms with Gasteiger partial charge in [0.15, 0.2) is 6.10 Å². The van der Waals surface area contributed by atoms with Crippen LogP contribution in [0.1, 0.15) is 30.0 Å². The standard InChI is InChI=1S/C22H20N2O5/c1-13-4-9-18-16(12-27-19(18)10-13)11-20(25)28-14(2)21-23-24-22(29-21)15-5-7-17(26-3)8-6-15/h4-10,12,14H,11H2,1-3H3/t14-/m1/s1. The summed E-state index contributed by atoms with van der Waals surface area (Å²) in [4.78, 5) is 12.4. The van der Waals surface area contributed by atoms with Crippen LogP contribution in [-0.2, 0) is 16.0 Å². The maximum Gasteiger partial charge on any atom is 0.311 e. The molecule has 1 atom stereocenters. The molecule has 7 nitrogen and oxygen atoms in total. The second-order valence-corrected chi connectivity index (χ2v) is 6.74. The molecule has 148 valence electrons. The van der Waals surface area contributed by atoms with Gasteiger partial charge in [0, 0.05) is 16.5 Å². The molecule has 29 heavy (non-hydrogen) atoms. The van der Waals surface area contributed by atoms with Crippen molar-refractivity contribution < 1.29 is 23.1 Å². The highest BCUT2D eigenvalue weighted by Crippen LogP contribution is 2.26. The minimum absolute atomic E-state index is 0.0971. The van der Waals surface area contributed by atoms with Gasteiger partial charge in [-0.05, 0) is 49.7 Å². The van der Waals surface area contributed by atoms with E-state index in [1.165, 1.54) is 0 Å². The predicted octanol–water partition coefficient (Wildman–Crippen LogP) is 4.65. The smallest absolute Gasteiger partial charge is 0.311 e. The van der Waals surface area contributed by atoms with Gasteiger partial charge in [-0.15, -0.1) is 10.2 Å².